The van der Waals surface area contributed by atoms with Gasteiger partial charge < -0.3 is 16.2 Å². The van der Waals surface area contributed by atoms with Gasteiger partial charge >= 0.3 is 5.97 Å². The van der Waals surface area contributed by atoms with Crippen molar-refractivity contribution in [3.05, 3.63) is 53.6 Å². The van der Waals surface area contributed by atoms with E-state index in [2.05, 4.69) is 24.4 Å². The van der Waals surface area contributed by atoms with E-state index in [0.717, 1.165) is 12.1 Å². The minimum Gasteiger partial charge on any atom is -0.478 e. The number of nitrogens with one attached hydrogen (secondary N) is 1. The molecule has 0 aromatic heterocycles. The molecule has 0 bridgehead atoms. The number of hydrogen-bond acceptors (Lipinski definition) is 3. The number of carboxylic acids is 1. The summed E-state index contributed by atoms with van der Waals surface area (Å²) in [6.07, 6.45) is 3.46. The molecule has 0 amide bonds. The van der Waals surface area contributed by atoms with Gasteiger partial charge in [-0.25, -0.2) is 4.79 Å². The van der Waals surface area contributed by atoms with Gasteiger partial charge in [0.2, 0.25) is 0 Å². The van der Waals surface area contributed by atoms with E-state index in [1.54, 1.807) is 18.2 Å². The number of unbranched alkanes of at least 4 members (excludes halogenated alkanes) is 1. The molecule has 4 nitrogen and oxygen atoms in total. The minimum atomic E-state index is -1.02. The third kappa shape index (κ3) is 3.99. The third-order valence-electron chi connectivity index (χ3n) is 3.35. The van der Waals surface area contributed by atoms with Gasteiger partial charge in [-0.15, -0.1) is 0 Å². The van der Waals surface area contributed by atoms with Gasteiger partial charge in [-0.3, -0.25) is 0 Å². The Morgan fingerprint density at radius 3 is 2.43 bits per heavy atom. The van der Waals surface area contributed by atoms with E-state index in [0.29, 0.717) is 5.69 Å². The second-order valence-corrected chi connectivity index (χ2v) is 5.03. The number of nitrogen functional groups attached to an aromatic ring is 1. The number of hydrogen-bond donors (Lipinski definition) is 3. The molecule has 2 aromatic rings. The Hall–Kier alpha value is -2.49. The number of rotatable bonds is 6. The Morgan fingerprint density at radius 1 is 1.14 bits per heavy atom. The van der Waals surface area contributed by atoms with Crippen molar-refractivity contribution in [2.24, 2.45) is 0 Å². The zero-order valence-electron chi connectivity index (χ0n) is 12.1. The number of aromatic carboxylic acids is 1. The summed E-state index contributed by atoms with van der Waals surface area (Å²) in [6.45, 7) is 2.18. The van der Waals surface area contributed by atoms with Crippen LogP contribution in [0.4, 0.5) is 17.1 Å². The molecule has 2 aromatic carbocycles. The molecule has 0 unspecified atom stereocenters. The zero-order chi connectivity index (χ0) is 15.2. The molecule has 0 atom stereocenters. The Balaban J connectivity index is 2.11. The average Bonchev–Trinajstić information content (AvgIpc) is 2.48. The lowest BCUT2D eigenvalue weighted by Crippen LogP contribution is -2.03. The van der Waals surface area contributed by atoms with Crippen LogP contribution >= 0.6 is 0 Å². The quantitative estimate of drug-likeness (QED) is 0.699. The Labute approximate surface area is 124 Å². The number of carbonyl (C=O) groups is 1. The fourth-order valence-corrected chi connectivity index (χ4v) is 2.12. The van der Waals surface area contributed by atoms with E-state index in [-0.39, 0.29) is 11.3 Å². The summed E-state index contributed by atoms with van der Waals surface area (Å²) in [5.41, 5.74) is 8.97. The predicted molar refractivity (Wildman–Crippen MR) is 86.2 cm³/mol. The molecular formula is C17H20N2O2. The summed E-state index contributed by atoms with van der Waals surface area (Å²) in [5.74, 6) is -1.02. The van der Waals surface area contributed by atoms with Gasteiger partial charge in [0.1, 0.15) is 0 Å². The van der Waals surface area contributed by atoms with Crippen molar-refractivity contribution in [1.29, 1.82) is 0 Å². The molecule has 0 fully saturated rings. The molecule has 0 heterocycles. The first-order valence-corrected chi connectivity index (χ1v) is 7.09. The van der Waals surface area contributed by atoms with Crippen LogP contribution in [0.5, 0.6) is 0 Å². The van der Waals surface area contributed by atoms with Crippen LogP contribution in [0, 0.1) is 0 Å². The summed E-state index contributed by atoms with van der Waals surface area (Å²) in [4.78, 5) is 11.1. The van der Waals surface area contributed by atoms with E-state index in [1.165, 1.54) is 18.4 Å². The van der Waals surface area contributed by atoms with Gasteiger partial charge in [0, 0.05) is 17.1 Å². The zero-order valence-corrected chi connectivity index (χ0v) is 12.1. The maximum atomic E-state index is 11.1. The van der Waals surface area contributed by atoms with Crippen molar-refractivity contribution < 1.29 is 9.90 Å². The first-order chi connectivity index (χ1) is 10.1. The first kappa shape index (κ1) is 14.9. The van der Waals surface area contributed by atoms with Crippen LogP contribution in [0.3, 0.4) is 0 Å². The molecule has 4 heteroatoms. The number of anilines is 3. The van der Waals surface area contributed by atoms with Crippen LogP contribution in [0.2, 0.25) is 0 Å². The molecule has 0 radical (unpaired) electrons. The van der Waals surface area contributed by atoms with Gasteiger partial charge in [-0.2, -0.15) is 0 Å². The topological polar surface area (TPSA) is 75.3 Å². The third-order valence-corrected chi connectivity index (χ3v) is 3.35. The van der Waals surface area contributed by atoms with Gasteiger partial charge in [-0.05, 0) is 48.7 Å². The molecule has 110 valence electrons. The highest BCUT2D eigenvalue weighted by Crippen LogP contribution is 2.22. The summed E-state index contributed by atoms with van der Waals surface area (Å²) >= 11 is 0. The fourth-order valence-electron chi connectivity index (χ4n) is 2.12. The highest BCUT2D eigenvalue weighted by molar-refractivity contribution is 5.95. The molecule has 0 spiro atoms. The van der Waals surface area contributed by atoms with Gasteiger partial charge in [0.05, 0.1) is 5.56 Å². The highest BCUT2D eigenvalue weighted by Gasteiger charge is 2.08. The van der Waals surface area contributed by atoms with E-state index in [9.17, 15) is 4.79 Å². The number of benzene rings is 2. The molecule has 0 aliphatic rings. The second-order valence-electron chi connectivity index (χ2n) is 5.03. The SMILES string of the molecule is CCCCc1ccc(Nc2ccc(N)c(C(=O)O)c2)cc1. The van der Waals surface area contributed by atoms with Crippen LogP contribution < -0.4 is 11.1 Å². The van der Waals surface area contributed by atoms with Gasteiger partial charge in [0.25, 0.3) is 0 Å². The van der Waals surface area contributed by atoms with Crippen molar-refractivity contribution in [2.75, 3.05) is 11.1 Å². The highest BCUT2D eigenvalue weighted by atomic mass is 16.4. The van der Waals surface area contributed by atoms with Crippen LogP contribution in [0.25, 0.3) is 0 Å². The largest absolute Gasteiger partial charge is 0.478 e. The normalized spacial score (nSPS) is 10.3. The molecule has 0 saturated heterocycles. The van der Waals surface area contributed by atoms with Crippen molar-refractivity contribution in [3.63, 3.8) is 0 Å². The van der Waals surface area contributed by atoms with Crippen molar-refractivity contribution in [3.8, 4) is 0 Å². The van der Waals surface area contributed by atoms with Crippen LogP contribution in [0.1, 0.15) is 35.7 Å². The maximum Gasteiger partial charge on any atom is 0.337 e. The van der Waals surface area contributed by atoms with Crippen molar-refractivity contribution >= 4 is 23.0 Å². The van der Waals surface area contributed by atoms with Crippen LogP contribution in [-0.2, 0) is 6.42 Å². The molecule has 2 rings (SSSR count). The van der Waals surface area contributed by atoms with E-state index in [4.69, 9.17) is 10.8 Å². The first-order valence-electron chi connectivity index (χ1n) is 7.09. The lowest BCUT2D eigenvalue weighted by atomic mass is 10.1. The van der Waals surface area contributed by atoms with Gasteiger partial charge in [-0.1, -0.05) is 25.5 Å². The second kappa shape index (κ2) is 6.79. The number of nitrogens with two attached hydrogens (primary N) is 1. The number of aryl methyl sites for hydroxylation is 1. The molecular weight excluding hydrogens is 264 g/mol. The average molecular weight is 284 g/mol. The monoisotopic (exact) mass is 284 g/mol. The lowest BCUT2D eigenvalue weighted by molar-refractivity contribution is 0.0698. The standard InChI is InChI=1S/C17H20N2O2/c1-2-3-4-12-5-7-13(8-6-12)19-14-9-10-16(18)15(11-14)17(20)21/h5-11,19H,2-4,18H2,1H3,(H,20,21). The molecule has 4 N–H and O–H groups in total. The van der Waals surface area contributed by atoms with Crippen LogP contribution in [-0.4, -0.2) is 11.1 Å². The fraction of sp³-hybridized carbons (Fsp3) is 0.235. The van der Waals surface area contributed by atoms with E-state index >= 15 is 0 Å². The summed E-state index contributed by atoms with van der Waals surface area (Å²) < 4.78 is 0. The van der Waals surface area contributed by atoms with Gasteiger partial charge in [0.15, 0.2) is 0 Å². The smallest absolute Gasteiger partial charge is 0.337 e. The number of carboxylic acid groups (broad SMARTS) is 1. The van der Waals surface area contributed by atoms with E-state index in [1.807, 2.05) is 12.1 Å². The lowest BCUT2D eigenvalue weighted by Gasteiger charge is -2.09. The molecule has 0 saturated carbocycles. The molecule has 0 aliphatic heterocycles. The maximum absolute atomic E-state index is 11.1. The minimum absolute atomic E-state index is 0.111. The summed E-state index contributed by atoms with van der Waals surface area (Å²) in [5, 5.41) is 12.3. The van der Waals surface area contributed by atoms with Crippen molar-refractivity contribution in [1.82, 2.24) is 0 Å². The predicted octanol–water partition coefficient (Wildman–Crippen LogP) is 4.05. The Bertz CT molecular complexity index is 621. The molecule has 21 heavy (non-hydrogen) atoms. The summed E-state index contributed by atoms with van der Waals surface area (Å²) in [6, 6.07) is 13.1. The van der Waals surface area contributed by atoms with Crippen LogP contribution in [0.15, 0.2) is 42.5 Å². The Morgan fingerprint density at radius 2 is 1.81 bits per heavy atom. The van der Waals surface area contributed by atoms with Crippen molar-refractivity contribution in [2.45, 2.75) is 26.2 Å². The summed E-state index contributed by atoms with van der Waals surface area (Å²) in [7, 11) is 0. The Kier molecular flexibility index (Phi) is 4.82. The molecule has 0 aliphatic carbocycles. The van der Waals surface area contributed by atoms with E-state index < -0.39 is 5.97 Å².